The van der Waals surface area contributed by atoms with Crippen molar-refractivity contribution in [2.45, 2.75) is 16.8 Å². The van der Waals surface area contributed by atoms with Gasteiger partial charge in [-0.25, -0.2) is 0 Å². The van der Waals surface area contributed by atoms with Crippen molar-refractivity contribution in [1.29, 1.82) is 0 Å². The van der Waals surface area contributed by atoms with Crippen LogP contribution < -0.4 is 4.74 Å². The molecule has 0 radical (unpaired) electrons. The van der Waals surface area contributed by atoms with Crippen molar-refractivity contribution in [3.8, 4) is 17.1 Å². The maximum absolute atomic E-state index is 11.3. The number of aliphatic carboxylic acids is 1. The highest BCUT2D eigenvalue weighted by atomic mass is 32.2. The van der Waals surface area contributed by atoms with Crippen LogP contribution in [0, 0.1) is 0 Å². The lowest BCUT2D eigenvalue weighted by Gasteiger charge is -2.21. The van der Waals surface area contributed by atoms with E-state index < -0.39 is 5.97 Å². The molecular weight excluding hydrogens is 372 g/mol. The van der Waals surface area contributed by atoms with Crippen LogP contribution in [0.15, 0.2) is 52.0 Å². The van der Waals surface area contributed by atoms with Gasteiger partial charge in [-0.05, 0) is 35.7 Å². The lowest BCUT2D eigenvalue weighted by molar-refractivity contribution is -0.136. The zero-order valence-corrected chi connectivity index (χ0v) is 15.3. The normalized spacial score (nSPS) is 16.0. The Balaban J connectivity index is 1.78. The molecule has 26 heavy (non-hydrogen) atoms. The van der Waals surface area contributed by atoms with Crippen LogP contribution in [-0.2, 0) is 4.79 Å². The van der Waals surface area contributed by atoms with E-state index in [-0.39, 0.29) is 11.7 Å². The molecule has 2 aromatic heterocycles. The number of hydrogen-bond donors (Lipinski definition) is 1. The summed E-state index contributed by atoms with van der Waals surface area (Å²) in [6, 6.07) is 11.4. The summed E-state index contributed by atoms with van der Waals surface area (Å²) in [4.78, 5) is 12.2. The summed E-state index contributed by atoms with van der Waals surface area (Å²) >= 11 is 2.91. The number of thioether (sulfide) groups is 1. The number of methoxy groups -OCH3 is 1. The standard InChI is InChI=1S/C17H14N4O3S2/c1-24-11-6-4-10(5-7-11)16-18-19-17-21(16)20-15(12-3-2-8-25-12)13(26-17)9-14(22)23/h2-8,13H,9H2,1H3,(H,22,23)/t13-/m0/s1. The van der Waals surface area contributed by atoms with E-state index in [1.54, 1.807) is 11.8 Å². The summed E-state index contributed by atoms with van der Waals surface area (Å²) in [7, 11) is 1.62. The van der Waals surface area contributed by atoms with Crippen molar-refractivity contribution in [2.24, 2.45) is 5.10 Å². The van der Waals surface area contributed by atoms with Crippen LogP contribution in [0.3, 0.4) is 0 Å². The summed E-state index contributed by atoms with van der Waals surface area (Å²) in [5.74, 6) is 0.499. The molecule has 0 amide bonds. The summed E-state index contributed by atoms with van der Waals surface area (Å²) in [6.45, 7) is 0. The number of carboxylic acids is 1. The molecule has 1 N–H and O–H groups in total. The minimum Gasteiger partial charge on any atom is -0.497 e. The second-order valence-electron chi connectivity index (χ2n) is 5.51. The van der Waals surface area contributed by atoms with E-state index in [0.29, 0.717) is 11.0 Å². The number of rotatable bonds is 5. The molecule has 0 aliphatic carbocycles. The maximum atomic E-state index is 11.3. The molecule has 1 atom stereocenters. The van der Waals surface area contributed by atoms with Crippen molar-refractivity contribution in [3.63, 3.8) is 0 Å². The minimum atomic E-state index is -0.866. The number of fused-ring (bicyclic) bond motifs is 1. The zero-order valence-electron chi connectivity index (χ0n) is 13.7. The summed E-state index contributed by atoms with van der Waals surface area (Å²) in [6.07, 6.45) is -0.0217. The van der Waals surface area contributed by atoms with Gasteiger partial charge in [-0.2, -0.15) is 9.78 Å². The molecule has 132 valence electrons. The fraction of sp³-hybridized carbons (Fsp3) is 0.176. The predicted molar refractivity (Wildman–Crippen MR) is 100 cm³/mol. The van der Waals surface area contributed by atoms with Crippen LogP contribution in [0.4, 0.5) is 0 Å². The summed E-state index contributed by atoms with van der Waals surface area (Å²) in [5.41, 5.74) is 1.59. The second-order valence-corrected chi connectivity index (χ2v) is 7.63. The Labute approximate surface area is 157 Å². The Morgan fingerprint density at radius 3 is 2.73 bits per heavy atom. The zero-order chi connectivity index (χ0) is 18.1. The van der Waals surface area contributed by atoms with Gasteiger partial charge in [-0.3, -0.25) is 4.79 Å². The van der Waals surface area contributed by atoms with Gasteiger partial charge in [0.05, 0.1) is 29.4 Å². The first-order chi connectivity index (χ1) is 12.7. The highest BCUT2D eigenvalue weighted by Gasteiger charge is 2.31. The third-order valence-electron chi connectivity index (χ3n) is 3.85. The van der Waals surface area contributed by atoms with Crippen LogP contribution >= 0.6 is 23.1 Å². The van der Waals surface area contributed by atoms with Gasteiger partial charge in [0.15, 0.2) is 5.82 Å². The monoisotopic (exact) mass is 386 g/mol. The van der Waals surface area contributed by atoms with E-state index in [9.17, 15) is 9.90 Å². The van der Waals surface area contributed by atoms with Crippen molar-refractivity contribution in [2.75, 3.05) is 7.11 Å². The molecule has 1 aliphatic heterocycles. The van der Waals surface area contributed by atoms with Crippen LogP contribution in [0.1, 0.15) is 11.3 Å². The van der Waals surface area contributed by atoms with E-state index in [0.717, 1.165) is 21.9 Å². The van der Waals surface area contributed by atoms with Gasteiger partial charge in [-0.15, -0.1) is 21.5 Å². The van der Waals surface area contributed by atoms with Crippen LogP contribution in [0.2, 0.25) is 0 Å². The molecule has 0 fully saturated rings. The van der Waals surface area contributed by atoms with Crippen LogP contribution in [0.5, 0.6) is 5.75 Å². The number of carbonyl (C=O) groups is 1. The Bertz CT molecular complexity index is 965. The van der Waals surface area contributed by atoms with Gasteiger partial charge in [0.1, 0.15) is 5.75 Å². The molecular formula is C17H14N4O3S2. The first-order valence-corrected chi connectivity index (χ1v) is 9.52. The fourth-order valence-corrected chi connectivity index (χ4v) is 4.55. The van der Waals surface area contributed by atoms with Crippen molar-refractivity contribution in [3.05, 3.63) is 46.7 Å². The third-order valence-corrected chi connectivity index (χ3v) is 5.89. The lowest BCUT2D eigenvalue weighted by Crippen LogP contribution is -2.26. The topological polar surface area (TPSA) is 89.6 Å². The Morgan fingerprint density at radius 2 is 2.08 bits per heavy atom. The Kier molecular flexibility index (Phi) is 4.48. The number of benzene rings is 1. The Hall–Kier alpha value is -2.65. The van der Waals surface area contributed by atoms with Gasteiger partial charge >= 0.3 is 5.97 Å². The number of hydrogen-bond acceptors (Lipinski definition) is 7. The maximum Gasteiger partial charge on any atom is 0.304 e. The molecule has 3 heterocycles. The first kappa shape index (κ1) is 16.8. The van der Waals surface area contributed by atoms with Crippen molar-refractivity contribution < 1.29 is 14.6 Å². The van der Waals surface area contributed by atoms with Crippen LogP contribution in [-0.4, -0.2) is 44.0 Å². The fourth-order valence-electron chi connectivity index (χ4n) is 2.63. The Morgan fingerprint density at radius 1 is 1.27 bits per heavy atom. The van der Waals surface area contributed by atoms with E-state index in [4.69, 9.17) is 9.84 Å². The van der Waals surface area contributed by atoms with Crippen molar-refractivity contribution >= 4 is 34.8 Å². The molecule has 0 spiro atoms. The SMILES string of the molecule is COc1ccc(-c2nnc3n2N=C(c2cccs2)[C@H](CC(=O)O)S3)cc1. The molecule has 4 rings (SSSR count). The average molecular weight is 386 g/mol. The molecule has 0 saturated carbocycles. The van der Waals surface area contributed by atoms with E-state index in [2.05, 4.69) is 10.2 Å². The van der Waals surface area contributed by atoms with Gasteiger partial charge in [0.25, 0.3) is 0 Å². The highest BCUT2D eigenvalue weighted by molar-refractivity contribution is 8.00. The first-order valence-electron chi connectivity index (χ1n) is 7.76. The molecule has 9 heteroatoms. The molecule has 0 unspecified atom stereocenters. The smallest absolute Gasteiger partial charge is 0.304 e. The van der Waals surface area contributed by atoms with E-state index in [1.807, 2.05) is 41.8 Å². The number of nitrogens with zero attached hydrogens (tertiary/aromatic N) is 4. The predicted octanol–water partition coefficient (Wildman–Crippen LogP) is 3.22. The molecule has 1 aliphatic rings. The van der Waals surface area contributed by atoms with Gasteiger partial charge in [0.2, 0.25) is 5.16 Å². The summed E-state index contributed by atoms with van der Waals surface area (Å²) in [5, 5.41) is 24.6. The van der Waals surface area contributed by atoms with Gasteiger partial charge < -0.3 is 9.84 Å². The lowest BCUT2D eigenvalue weighted by atomic mass is 10.1. The average Bonchev–Trinajstić information content (AvgIpc) is 3.30. The van der Waals surface area contributed by atoms with Gasteiger partial charge in [-0.1, -0.05) is 17.8 Å². The quantitative estimate of drug-likeness (QED) is 0.724. The number of aromatic nitrogens is 3. The third kappa shape index (κ3) is 3.11. The molecule has 0 bridgehead atoms. The molecule has 7 nitrogen and oxygen atoms in total. The number of carboxylic acid groups (broad SMARTS) is 1. The van der Waals surface area contributed by atoms with Crippen molar-refractivity contribution in [1.82, 2.24) is 14.9 Å². The molecule has 3 aromatic rings. The molecule has 0 saturated heterocycles. The summed E-state index contributed by atoms with van der Waals surface area (Å²) < 4.78 is 6.87. The van der Waals surface area contributed by atoms with Gasteiger partial charge in [0, 0.05) is 5.56 Å². The largest absolute Gasteiger partial charge is 0.497 e. The van der Waals surface area contributed by atoms with Crippen LogP contribution in [0.25, 0.3) is 11.4 Å². The van der Waals surface area contributed by atoms with E-state index >= 15 is 0 Å². The highest BCUT2D eigenvalue weighted by Crippen LogP contribution is 2.35. The van der Waals surface area contributed by atoms with E-state index in [1.165, 1.54) is 23.1 Å². The number of thiophene rings is 1. The molecule has 1 aromatic carbocycles. The number of ether oxygens (including phenoxy) is 1. The minimum absolute atomic E-state index is 0.0217. The second kappa shape index (κ2) is 6.93.